The normalized spacial score (nSPS) is 19.9. The van der Waals surface area contributed by atoms with Gasteiger partial charge in [-0.3, -0.25) is 30.0 Å². The topological polar surface area (TPSA) is 102 Å². The summed E-state index contributed by atoms with van der Waals surface area (Å²) in [5.41, 5.74) is 3.16. The summed E-state index contributed by atoms with van der Waals surface area (Å²) < 4.78 is 0. The van der Waals surface area contributed by atoms with Gasteiger partial charge in [-0.2, -0.15) is 0 Å². The van der Waals surface area contributed by atoms with E-state index in [0.717, 1.165) is 75.7 Å². The molecule has 1 N–H and O–H groups in total. The van der Waals surface area contributed by atoms with Gasteiger partial charge in [0.15, 0.2) is 0 Å². The predicted octanol–water partition coefficient (Wildman–Crippen LogP) is 3.08. The third kappa shape index (κ3) is 5.43. The van der Waals surface area contributed by atoms with Crippen molar-refractivity contribution < 1.29 is 14.5 Å². The Morgan fingerprint density at radius 1 is 0.778 bits per heavy atom. The maximum absolute atomic E-state index is 12.1. The molecule has 0 spiro atoms. The number of benzene rings is 2. The van der Waals surface area contributed by atoms with Crippen LogP contribution in [0.2, 0.25) is 0 Å². The molecule has 3 saturated heterocycles. The molecule has 0 radical (unpaired) electrons. The third-order valence-corrected chi connectivity index (χ3v) is 7.51. The van der Waals surface area contributed by atoms with Crippen molar-refractivity contribution in [3.05, 3.63) is 58.6 Å². The van der Waals surface area contributed by atoms with Gasteiger partial charge in [0.25, 0.3) is 5.69 Å². The van der Waals surface area contributed by atoms with E-state index < -0.39 is 0 Å². The van der Waals surface area contributed by atoms with Crippen LogP contribution in [0.1, 0.15) is 19.3 Å². The van der Waals surface area contributed by atoms with Crippen LogP contribution in [0, 0.1) is 16.0 Å². The lowest BCUT2D eigenvalue weighted by Crippen LogP contribution is -2.49. The summed E-state index contributed by atoms with van der Waals surface area (Å²) in [6.07, 6.45) is 2.59. The average molecular weight is 493 g/mol. The van der Waals surface area contributed by atoms with Gasteiger partial charge in [0.05, 0.1) is 4.92 Å². The summed E-state index contributed by atoms with van der Waals surface area (Å²) in [6, 6.07) is 14.5. The fourth-order valence-corrected chi connectivity index (χ4v) is 5.37. The Labute approximate surface area is 210 Å². The molecule has 3 heterocycles. The number of piperidine rings is 1. The fraction of sp³-hybridized carbons (Fsp3) is 0.462. The monoisotopic (exact) mass is 492 g/mol. The lowest BCUT2D eigenvalue weighted by Gasteiger charge is -2.40. The summed E-state index contributed by atoms with van der Waals surface area (Å²) in [5, 5.41) is 13.2. The van der Waals surface area contributed by atoms with E-state index in [9.17, 15) is 19.7 Å². The molecule has 0 unspecified atom stereocenters. The van der Waals surface area contributed by atoms with Crippen LogP contribution in [0.15, 0.2) is 48.5 Å². The first-order valence-electron chi connectivity index (χ1n) is 12.6. The molecule has 3 fully saturated rings. The fourth-order valence-electron chi connectivity index (χ4n) is 5.37. The van der Waals surface area contributed by atoms with Crippen molar-refractivity contribution in [3.63, 3.8) is 0 Å². The number of rotatable bonds is 6. The molecular formula is C26H32N6O4. The Bertz CT molecular complexity index is 1090. The highest BCUT2D eigenvalue weighted by Gasteiger charge is 2.26. The van der Waals surface area contributed by atoms with E-state index in [2.05, 4.69) is 32.1 Å². The summed E-state index contributed by atoms with van der Waals surface area (Å²) in [7, 11) is 0. The van der Waals surface area contributed by atoms with Crippen molar-refractivity contribution in [2.75, 3.05) is 67.1 Å². The number of nitro groups is 1. The Morgan fingerprint density at radius 2 is 1.33 bits per heavy atom. The second-order valence-electron chi connectivity index (χ2n) is 9.76. The number of carbonyl (C=O) groups is 2. The van der Waals surface area contributed by atoms with Crippen molar-refractivity contribution in [1.29, 1.82) is 0 Å². The minimum Gasteiger partial charge on any atom is -0.372 e. The van der Waals surface area contributed by atoms with Gasteiger partial charge in [0.2, 0.25) is 5.91 Å². The molecule has 2 aromatic carbocycles. The number of non-ortho nitro benzene ring substituents is 1. The van der Waals surface area contributed by atoms with Gasteiger partial charge < -0.3 is 9.80 Å². The summed E-state index contributed by atoms with van der Waals surface area (Å²) in [6.45, 7) is 7.50. The highest BCUT2D eigenvalue weighted by Crippen LogP contribution is 2.27. The number of nitrogens with zero attached hydrogens (tertiary/aromatic N) is 5. The number of nitro benzene ring substituents is 1. The lowest BCUT2D eigenvalue weighted by atomic mass is 9.95. The Kier molecular flexibility index (Phi) is 7.04. The molecule has 0 bridgehead atoms. The van der Waals surface area contributed by atoms with Crippen LogP contribution in [-0.2, 0) is 4.79 Å². The molecule has 0 saturated carbocycles. The molecule has 0 aromatic heterocycles. The van der Waals surface area contributed by atoms with E-state index >= 15 is 0 Å². The van der Waals surface area contributed by atoms with Crippen molar-refractivity contribution >= 4 is 34.7 Å². The van der Waals surface area contributed by atoms with Crippen LogP contribution < -0.4 is 20.0 Å². The minimum atomic E-state index is -0.357. The molecule has 3 aliphatic heterocycles. The molecule has 0 aliphatic carbocycles. The minimum absolute atomic E-state index is 0.135. The Balaban J connectivity index is 1.06. The first-order valence-corrected chi connectivity index (χ1v) is 12.6. The second kappa shape index (κ2) is 10.5. The number of urea groups is 1. The standard InChI is InChI=1S/C26H32N6O4/c33-25-11-14-31(26(34)27-25)23-5-1-22(2-6-23)30-17-15-28(16-18-30)19-20-9-12-29(13-10-20)21-3-7-24(8-4-21)32(35)36/h1-8,20H,9-19H2,(H,27,33,34). The maximum Gasteiger partial charge on any atom is 0.328 e. The molecule has 10 nitrogen and oxygen atoms in total. The van der Waals surface area contributed by atoms with Crippen LogP contribution in [0.3, 0.4) is 0 Å². The quantitative estimate of drug-likeness (QED) is 0.488. The van der Waals surface area contributed by atoms with Crippen LogP contribution in [0.5, 0.6) is 0 Å². The number of piperazine rings is 1. The molecule has 3 amide bonds. The van der Waals surface area contributed by atoms with E-state index in [-0.39, 0.29) is 22.5 Å². The van der Waals surface area contributed by atoms with Crippen molar-refractivity contribution in [2.24, 2.45) is 5.92 Å². The van der Waals surface area contributed by atoms with Crippen LogP contribution in [0.4, 0.5) is 27.5 Å². The van der Waals surface area contributed by atoms with Gasteiger partial charge in [0.1, 0.15) is 0 Å². The highest BCUT2D eigenvalue weighted by molar-refractivity contribution is 6.05. The zero-order valence-corrected chi connectivity index (χ0v) is 20.3. The van der Waals surface area contributed by atoms with Gasteiger partial charge in [-0.05, 0) is 55.2 Å². The first kappa shape index (κ1) is 24.1. The Morgan fingerprint density at radius 3 is 1.92 bits per heavy atom. The zero-order valence-electron chi connectivity index (χ0n) is 20.3. The van der Waals surface area contributed by atoms with Crippen LogP contribution >= 0.6 is 0 Å². The van der Waals surface area contributed by atoms with Gasteiger partial charge >= 0.3 is 6.03 Å². The number of hydrogen-bond donors (Lipinski definition) is 1. The Hall–Kier alpha value is -3.66. The van der Waals surface area contributed by atoms with E-state index in [4.69, 9.17) is 0 Å². The van der Waals surface area contributed by atoms with Crippen molar-refractivity contribution in [2.45, 2.75) is 19.3 Å². The summed E-state index contributed by atoms with van der Waals surface area (Å²) >= 11 is 0. The largest absolute Gasteiger partial charge is 0.372 e. The number of anilines is 3. The second-order valence-corrected chi connectivity index (χ2v) is 9.76. The van der Waals surface area contributed by atoms with E-state index in [0.29, 0.717) is 18.9 Å². The molecule has 190 valence electrons. The van der Waals surface area contributed by atoms with Crippen molar-refractivity contribution in [1.82, 2.24) is 10.2 Å². The molecule has 2 aromatic rings. The predicted molar refractivity (Wildman–Crippen MR) is 139 cm³/mol. The van der Waals surface area contributed by atoms with Gasteiger partial charge in [0, 0.05) is 88.0 Å². The maximum atomic E-state index is 12.1. The van der Waals surface area contributed by atoms with Gasteiger partial charge in [-0.25, -0.2) is 4.79 Å². The molecule has 5 rings (SSSR count). The van der Waals surface area contributed by atoms with E-state index in [1.165, 1.54) is 0 Å². The summed E-state index contributed by atoms with van der Waals surface area (Å²) in [4.78, 5) is 42.8. The number of carbonyl (C=O) groups excluding carboxylic acids is 2. The number of hydrogen-bond acceptors (Lipinski definition) is 7. The molecule has 0 atom stereocenters. The smallest absolute Gasteiger partial charge is 0.328 e. The lowest BCUT2D eigenvalue weighted by molar-refractivity contribution is -0.384. The number of imide groups is 1. The average Bonchev–Trinajstić information content (AvgIpc) is 2.90. The zero-order chi connectivity index (χ0) is 25.1. The van der Waals surface area contributed by atoms with Crippen LogP contribution in [-0.4, -0.2) is 74.1 Å². The summed E-state index contributed by atoms with van der Waals surface area (Å²) in [5.74, 6) is 0.452. The highest BCUT2D eigenvalue weighted by atomic mass is 16.6. The molecular weight excluding hydrogens is 460 g/mol. The van der Waals surface area contributed by atoms with Gasteiger partial charge in [-0.1, -0.05) is 0 Å². The SMILES string of the molecule is O=C1CCN(c2ccc(N3CCN(CC4CCN(c5ccc([N+](=O)[O-])cc5)CC4)CC3)cc2)C(=O)N1. The third-order valence-electron chi connectivity index (χ3n) is 7.51. The number of amides is 3. The first-order chi connectivity index (χ1) is 17.5. The van der Waals surface area contributed by atoms with Crippen LogP contribution in [0.25, 0.3) is 0 Å². The molecule has 36 heavy (non-hydrogen) atoms. The van der Waals surface area contributed by atoms with Crippen molar-refractivity contribution in [3.8, 4) is 0 Å². The molecule has 10 heteroatoms. The van der Waals surface area contributed by atoms with E-state index in [1.807, 2.05) is 24.3 Å². The van der Waals surface area contributed by atoms with E-state index in [1.54, 1.807) is 17.0 Å². The molecule has 3 aliphatic rings. The number of nitrogens with one attached hydrogen (secondary N) is 1. The van der Waals surface area contributed by atoms with Gasteiger partial charge in [-0.15, -0.1) is 0 Å².